The summed E-state index contributed by atoms with van der Waals surface area (Å²) in [6.45, 7) is 4.27. The normalized spacial score (nSPS) is 12.2. The Morgan fingerprint density at radius 2 is 1.94 bits per heavy atom. The molecule has 0 aromatic heterocycles. The number of hydrogen-bond acceptors (Lipinski definition) is 3. The van der Waals surface area contributed by atoms with Gasteiger partial charge in [-0.15, -0.1) is 0 Å². The monoisotopic (exact) mass is 221 g/mol. The highest BCUT2D eigenvalue weighted by Crippen LogP contribution is 2.14. The highest BCUT2D eigenvalue weighted by atomic mass is 16.5. The fourth-order valence-corrected chi connectivity index (χ4v) is 1.55. The van der Waals surface area contributed by atoms with Crippen LogP contribution in [0.5, 0.6) is 0 Å². The molecule has 0 heterocycles. The van der Waals surface area contributed by atoms with Crippen LogP contribution in [0, 0.1) is 0 Å². The number of aryl methyl sites for hydroxylation is 1. The summed E-state index contributed by atoms with van der Waals surface area (Å²) in [5.41, 5.74) is 7.84. The van der Waals surface area contributed by atoms with Gasteiger partial charge in [0.1, 0.15) is 6.04 Å². The van der Waals surface area contributed by atoms with Gasteiger partial charge in [-0.3, -0.25) is 0 Å². The minimum atomic E-state index is -0.671. The lowest BCUT2D eigenvalue weighted by Crippen LogP contribution is -2.23. The van der Waals surface area contributed by atoms with Crippen molar-refractivity contribution >= 4 is 5.97 Å². The molecule has 0 saturated carbocycles. The first-order valence-corrected chi connectivity index (χ1v) is 5.70. The Morgan fingerprint density at radius 3 is 2.44 bits per heavy atom. The van der Waals surface area contributed by atoms with Crippen LogP contribution in [0.1, 0.15) is 37.4 Å². The molecule has 0 fully saturated rings. The van der Waals surface area contributed by atoms with Gasteiger partial charge in [0.25, 0.3) is 0 Å². The standard InChI is InChI=1S/C13H19NO2/c1-3-5-10-6-8-11(9-7-10)12(14)13(15)16-4-2/h6-9,12H,3-5,14H2,1-2H3. The van der Waals surface area contributed by atoms with Gasteiger partial charge < -0.3 is 10.5 Å². The fourth-order valence-electron chi connectivity index (χ4n) is 1.55. The summed E-state index contributed by atoms with van der Waals surface area (Å²) in [7, 11) is 0. The number of rotatable bonds is 5. The quantitative estimate of drug-likeness (QED) is 0.775. The number of esters is 1. The molecule has 0 amide bonds. The van der Waals surface area contributed by atoms with Crippen molar-refractivity contribution in [1.82, 2.24) is 0 Å². The Hall–Kier alpha value is -1.35. The van der Waals surface area contributed by atoms with Gasteiger partial charge in [-0.25, -0.2) is 4.79 Å². The van der Waals surface area contributed by atoms with Crippen molar-refractivity contribution in [2.24, 2.45) is 5.73 Å². The van der Waals surface area contributed by atoms with Gasteiger partial charge in [0, 0.05) is 0 Å². The predicted molar refractivity (Wildman–Crippen MR) is 64.0 cm³/mol. The Bertz CT molecular complexity index is 332. The summed E-state index contributed by atoms with van der Waals surface area (Å²) in [5, 5.41) is 0. The van der Waals surface area contributed by atoms with Gasteiger partial charge in [0.2, 0.25) is 0 Å². The molecule has 1 aromatic carbocycles. The van der Waals surface area contributed by atoms with E-state index in [1.54, 1.807) is 6.92 Å². The lowest BCUT2D eigenvalue weighted by molar-refractivity contribution is -0.144. The molecule has 0 radical (unpaired) electrons. The van der Waals surface area contributed by atoms with Gasteiger partial charge in [-0.1, -0.05) is 37.6 Å². The second-order valence-electron chi connectivity index (χ2n) is 3.72. The van der Waals surface area contributed by atoms with Crippen LogP contribution in [0.15, 0.2) is 24.3 Å². The van der Waals surface area contributed by atoms with Crippen molar-refractivity contribution in [1.29, 1.82) is 0 Å². The van der Waals surface area contributed by atoms with Crippen molar-refractivity contribution in [3.63, 3.8) is 0 Å². The second kappa shape index (κ2) is 6.28. The molecule has 88 valence electrons. The van der Waals surface area contributed by atoms with Crippen molar-refractivity contribution in [2.75, 3.05) is 6.61 Å². The average Bonchev–Trinajstić information content (AvgIpc) is 2.30. The number of nitrogens with two attached hydrogens (primary N) is 1. The summed E-state index contributed by atoms with van der Waals surface area (Å²) in [6.07, 6.45) is 2.16. The van der Waals surface area contributed by atoms with Crippen molar-refractivity contribution in [3.8, 4) is 0 Å². The predicted octanol–water partition coefficient (Wildman–Crippen LogP) is 2.20. The van der Waals surface area contributed by atoms with Crippen molar-refractivity contribution < 1.29 is 9.53 Å². The van der Waals surface area contributed by atoms with Crippen LogP contribution in [0.25, 0.3) is 0 Å². The Labute approximate surface area is 96.6 Å². The smallest absolute Gasteiger partial charge is 0.327 e. The molecular formula is C13H19NO2. The van der Waals surface area contributed by atoms with Crippen molar-refractivity contribution in [3.05, 3.63) is 35.4 Å². The minimum absolute atomic E-state index is 0.362. The number of carbonyl (C=O) groups is 1. The van der Waals surface area contributed by atoms with E-state index in [0.717, 1.165) is 18.4 Å². The Morgan fingerprint density at radius 1 is 1.31 bits per heavy atom. The molecule has 0 aliphatic carbocycles. The maximum atomic E-state index is 11.4. The number of benzene rings is 1. The summed E-state index contributed by atoms with van der Waals surface area (Å²) >= 11 is 0. The maximum Gasteiger partial charge on any atom is 0.327 e. The van der Waals surface area contributed by atoms with E-state index < -0.39 is 6.04 Å². The first-order valence-electron chi connectivity index (χ1n) is 5.70. The first kappa shape index (κ1) is 12.7. The molecule has 0 spiro atoms. The number of hydrogen-bond donors (Lipinski definition) is 1. The molecule has 3 nitrogen and oxygen atoms in total. The van der Waals surface area contributed by atoms with Gasteiger partial charge in [0.15, 0.2) is 0 Å². The average molecular weight is 221 g/mol. The Kier molecular flexibility index (Phi) is 4.99. The van der Waals surface area contributed by atoms with E-state index in [-0.39, 0.29) is 5.97 Å². The summed E-state index contributed by atoms with van der Waals surface area (Å²) in [4.78, 5) is 11.4. The molecule has 0 bridgehead atoms. The lowest BCUT2D eigenvalue weighted by atomic mass is 10.0. The van der Waals surface area contributed by atoms with Crippen LogP contribution in [-0.2, 0) is 16.0 Å². The lowest BCUT2D eigenvalue weighted by Gasteiger charge is -2.11. The van der Waals surface area contributed by atoms with Gasteiger partial charge >= 0.3 is 5.97 Å². The molecule has 1 atom stereocenters. The molecular weight excluding hydrogens is 202 g/mol. The molecule has 16 heavy (non-hydrogen) atoms. The van der Waals surface area contributed by atoms with E-state index in [2.05, 4.69) is 6.92 Å². The van der Waals surface area contributed by atoms with Gasteiger partial charge in [-0.05, 0) is 24.5 Å². The topological polar surface area (TPSA) is 52.3 Å². The second-order valence-corrected chi connectivity index (χ2v) is 3.72. The van der Waals surface area contributed by atoms with Crippen LogP contribution in [0.2, 0.25) is 0 Å². The van der Waals surface area contributed by atoms with Crippen LogP contribution >= 0.6 is 0 Å². The third-order valence-corrected chi connectivity index (χ3v) is 2.42. The van der Waals surface area contributed by atoms with E-state index in [9.17, 15) is 4.79 Å². The molecule has 2 N–H and O–H groups in total. The van der Waals surface area contributed by atoms with Crippen LogP contribution in [0.3, 0.4) is 0 Å². The third-order valence-electron chi connectivity index (χ3n) is 2.42. The highest BCUT2D eigenvalue weighted by Gasteiger charge is 2.16. The third kappa shape index (κ3) is 3.35. The van der Waals surface area contributed by atoms with E-state index in [1.807, 2.05) is 24.3 Å². The molecule has 0 aliphatic heterocycles. The van der Waals surface area contributed by atoms with Crippen LogP contribution in [0.4, 0.5) is 0 Å². The summed E-state index contributed by atoms with van der Waals surface area (Å²) in [6, 6.07) is 7.14. The van der Waals surface area contributed by atoms with E-state index >= 15 is 0 Å². The Balaban J connectivity index is 2.69. The van der Waals surface area contributed by atoms with E-state index in [0.29, 0.717) is 6.61 Å². The first-order chi connectivity index (χ1) is 7.69. The molecule has 1 rings (SSSR count). The van der Waals surface area contributed by atoms with Crippen molar-refractivity contribution in [2.45, 2.75) is 32.7 Å². The van der Waals surface area contributed by atoms with Crippen LogP contribution < -0.4 is 5.73 Å². The van der Waals surface area contributed by atoms with E-state index in [1.165, 1.54) is 5.56 Å². The number of ether oxygens (including phenoxy) is 1. The molecule has 0 saturated heterocycles. The van der Waals surface area contributed by atoms with Gasteiger partial charge in [-0.2, -0.15) is 0 Å². The summed E-state index contributed by atoms with van der Waals surface area (Å²) in [5.74, 6) is -0.370. The van der Waals surface area contributed by atoms with Gasteiger partial charge in [0.05, 0.1) is 6.61 Å². The van der Waals surface area contributed by atoms with E-state index in [4.69, 9.17) is 10.5 Å². The zero-order chi connectivity index (χ0) is 12.0. The van der Waals surface area contributed by atoms with Crippen LogP contribution in [-0.4, -0.2) is 12.6 Å². The minimum Gasteiger partial charge on any atom is -0.465 e. The molecule has 0 aliphatic rings. The molecule has 3 heteroatoms. The SMILES string of the molecule is CCCc1ccc(C(N)C(=O)OCC)cc1. The largest absolute Gasteiger partial charge is 0.465 e. The number of carbonyl (C=O) groups excluding carboxylic acids is 1. The summed E-state index contributed by atoms with van der Waals surface area (Å²) < 4.78 is 4.87. The zero-order valence-electron chi connectivity index (χ0n) is 9.90. The zero-order valence-corrected chi connectivity index (χ0v) is 9.90. The highest BCUT2D eigenvalue weighted by molar-refractivity contribution is 5.77. The molecule has 1 unspecified atom stereocenters. The fraction of sp³-hybridized carbons (Fsp3) is 0.462. The maximum absolute atomic E-state index is 11.4. The molecule has 1 aromatic rings.